The molecule has 0 atom stereocenters. The summed E-state index contributed by atoms with van der Waals surface area (Å²) in [5, 5.41) is 5.54. The molecule has 0 saturated heterocycles. The Balaban J connectivity index is 3.04. The Labute approximate surface area is 154 Å². The first-order chi connectivity index (χ1) is 11.9. The first-order valence-corrected chi connectivity index (χ1v) is 9.77. The first-order valence-electron chi connectivity index (χ1n) is 8.55. The van der Waals surface area contributed by atoms with E-state index in [1.54, 1.807) is 20.2 Å². The van der Waals surface area contributed by atoms with E-state index < -0.39 is 5.97 Å². The third-order valence-corrected chi connectivity index (χ3v) is 4.55. The van der Waals surface area contributed by atoms with Gasteiger partial charge in [0.2, 0.25) is 11.0 Å². The third kappa shape index (κ3) is 5.88. The van der Waals surface area contributed by atoms with Crippen molar-refractivity contribution in [1.29, 1.82) is 0 Å². The summed E-state index contributed by atoms with van der Waals surface area (Å²) in [6.45, 7) is 8.28. The lowest BCUT2D eigenvalue weighted by atomic mass is 9.92. The van der Waals surface area contributed by atoms with Crippen molar-refractivity contribution in [1.82, 2.24) is 5.01 Å². The minimum absolute atomic E-state index is 0.149. The number of carbonyl (C=O) groups excluding carboxylic acids is 2. The monoisotopic (exact) mass is 364 g/mol. The molecule has 1 amide bonds. The lowest BCUT2D eigenvalue weighted by molar-refractivity contribution is -0.134. The molecule has 138 valence electrons. The number of esters is 1. The number of thioether (sulfide) groups is 1. The predicted octanol–water partition coefficient (Wildman–Crippen LogP) is 3.36. The van der Waals surface area contributed by atoms with Crippen molar-refractivity contribution in [3.8, 4) is 0 Å². The molecular formula is C19H28N2O3S. The quantitative estimate of drug-likeness (QED) is 0.336. The zero-order valence-electron chi connectivity index (χ0n) is 16.0. The van der Waals surface area contributed by atoms with E-state index in [1.807, 2.05) is 0 Å². The molecule has 0 spiro atoms. The maximum atomic E-state index is 12.6. The summed E-state index contributed by atoms with van der Waals surface area (Å²) in [6, 6.07) is 4.27. The Morgan fingerprint density at radius 2 is 1.72 bits per heavy atom. The van der Waals surface area contributed by atoms with Gasteiger partial charge in [0.05, 0.1) is 13.0 Å². The lowest BCUT2D eigenvalue weighted by Crippen LogP contribution is -2.27. The number of likely N-dealkylation sites (N-methyl/N-ethyl adjacent to an activating group) is 1. The number of ether oxygens (including phenoxy) is 1. The van der Waals surface area contributed by atoms with Gasteiger partial charge >= 0.3 is 5.97 Å². The van der Waals surface area contributed by atoms with Gasteiger partial charge in [0, 0.05) is 7.05 Å². The average Bonchev–Trinajstić information content (AvgIpc) is 2.60. The molecule has 0 aliphatic heterocycles. The normalized spacial score (nSPS) is 11.4. The highest BCUT2D eigenvalue weighted by Crippen LogP contribution is 2.21. The molecule has 0 saturated carbocycles. The van der Waals surface area contributed by atoms with Gasteiger partial charge in [-0.1, -0.05) is 31.5 Å². The molecule has 0 aromatic heterocycles. The second-order valence-electron chi connectivity index (χ2n) is 5.69. The van der Waals surface area contributed by atoms with Crippen molar-refractivity contribution in [3.05, 3.63) is 34.4 Å². The fourth-order valence-electron chi connectivity index (χ4n) is 2.65. The molecule has 25 heavy (non-hydrogen) atoms. The van der Waals surface area contributed by atoms with Crippen LogP contribution in [0.2, 0.25) is 0 Å². The molecule has 0 unspecified atom stereocenters. The SMILES string of the molecule is CCOC(=O)C(=NN(C)C(=O)Cc1c(CC)cc(C)cc1CC)SC. The second kappa shape index (κ2) is 10.2. The molecular weight excluding hydrogens is 336 g/mol. The van der Waals surface area contributed by atoms with Crippen LogP contribution >= 0.6 is 11.8 Å². The highest BCUT2D eigenvalue weighted by molar-refractivity contribution is 8.15. The highest BCUT2D eigenvalue weighted by Gasteiger charge is 2.18. The number of hydrogen-bond acceptors (Lipinski definition) is 5. The summed E-state index contributed by atoms with van der Waals surface area (Å²) in [4.78, 5) is 24.4. The van der Waals surface area contributed by atoms with Gasteiger partial charge in [-0.05, 0) is 49.6 Å². The number of carbonyl (C=O) groups is 2. The zero-order valence-corrected chi connectivity index (χ0v) is 16.8. The van der Waals surface area contributed by atoms with Gasteiger partial charge in [-0.2, -0.15) is 5.10 Å². The topological polar surface area (TPSA) is 59.0 Å². The van der Waals surface area contributed by atoms with Crippen LogP contribution in [0, 0.1) is 6.92 Å². The molecule has 1 rings (SSSR count). The van der Waals surface area contributed by atoms with Crippen molar-refractivity contribution in [2.45, 2.75) is 47.0 Å². The van der Waals surface area contributed by atoms with Gasteiger partial charge < -0.3 is 4.74 Å². The number of hydrazone groups is 1. The van der Waals surface area contributed by atoms with Crippen LogP contribution in [0.25, 0.3) is 0 Å². The Bertz CT molecular complexity index is 631. The molecule has 0 fully saturated rings. The van der Waals surface area contributed by atoms with E-state index in [2.05, 4.69) is 38.0 Å². The zero-order chi connectivity index (χ0) is 19.0. The van der Waals surface area contributed by atoms with Crippen LogP contribution in [-0.4, -0.2) is 41.8 Å². The largest absolute Gasteiger partial charge is 0.461 e. The minimum Gasteiger partial charge on any atom is -0.461 e. The smallest absolute Gasteiger partial charge is 0.365 e. The molecule has 0 aliphatic carbocycles. The lowest BCUT2D eigenvalue weighted by Gasteiger charge is -2.17. The van der Waals surface area contributed by atoms with E-state index in [0.717, 1.165) is 18.4 Å². The molecule has 0 bridgehead atoms. The third-order valence-electron chi connectivity index (χ3n) is 3.91. The van der Waals surface area contributed by atoms with Crippen molar-refractivity contribution in [2.75, 3.05) is 19.9 Å². The van der Waals surface area contributed by atoms with Crippen LogP contribution < -0.4 is 0 Å². The van der Waals surface area contributed by atoms with E-state index in [-0.39, 0.29) is 24.0 Å². The standard InChI is InChI=1S/C19H28N2O3S/c1-7-14-10-13(4)11-15(8-2)16(14)12-17(22)21(5)20-18(25-6)19(23)24-9-3/h10-11H,7-9,12H2,1-6H3. The molecule has 0 radical (unpaired) electrons. The number of hydrogen-bond donors (Lipinski definition) is 0. The molecule has 1 aromatic carbocycles. The summed E-state index contributed by atoms with van der Waals surface area (Å²) >= 11 is 1.17. The summed E-state index contributed by atoms with van der Waals surface area (Å²) in [5.74, 6) is -0.655. The van der Waals surface area contributed by atoms with Crippen molar-refractivity contribution in [2.24, 2.45) is 5.10 Å². The van der Waals surface area contributed by atoms with Gasteiger partial charge in [-0.25, -0.2) is 9.80 Å². The molecule has 0 heterocycles. The maximum Gasteiger partial charge on any atom is 0.365 e. The Hall–Kier alpha value is -1.82. The van der Waals surface area contributed by atoms with Gasteiger partial charge in [0.1, 0.15) is 0 Å². The maximum absolute atomic E-state index is 12.6. The van der Waals surface area contributed by atoms with Crippen LogP contribution in [-0.2, 0) is 33.6 Å². The summed E-state index contributed by atoms with van der Waals surface area (Å²) in [6.07, 6.45) is 3.77. The second-order valence-corrected chi connectivity index (χ2v) is 6.49. The Morgan fingerprint density at radius 1 is 1.16 bits per heavy atom. The molecule has 0 N–H and O–H groups in total. The summed E-state index contributed by atoms with van der Waals surface area (Å²) in [5.41, 5.74) is 4.67. The number of aryl methyl sites for hydroxylation is 3. The van der Waals surface area contributed by atoms with E-state index in [1.165, 1.54) is 33.5 Å². The van der Waals surface area contributed by atoms with Crippen molar-refractivity contribution in [3.63, 3.8) is 0 Å². The van der Waals surface area contributed by atoms with E-state index in [0.29, 0.717) is 0 Å². The van der Waals surface area contributed by atoms with Gasteiger partial charge in [-0.15, -0.1) is 11.8 Å². The van der Waals surface area contributed by atoms with Crippen molar-refractivity contribution >= 4 is 28.7 Å². The van der Waals surface area contributed by atoms with Crippen LogP contribution in [0.1, 0.15) is 43.0 Å². The molecule has 1 aromatic rings. The van der Waals surface area contributed by atoms with Gasteiger partial charge in [-0.3, -0.25) is 4.79 Å². The number of benzene rings is 1. The van der Waals surface area contributed by atoms with Gasteiger partial charge in [0.25, 0.3) is 0 Å². The molecule has 5 nitrogen and oxygen atoms in total. The Kier molecular flexibility index (Phi) is 8.69. The van der Waals surface area contributed by atoms with Crippen molar-refractivity contribution < 1.29 is 14.3 Å². The molecule has 6 heteroatoms. The fourth-order valence-corrected chi connectivity index (χ4v) is 3.07. The number of rotatable bonds is 6. The fraction of sp³-hybridized carbons (Fsp3) is 0.526. The van der Waals surface area contributed by atoms with Gasteiger partial charge in [0.15, 0.2) is 0 Å². The minimum atomic E-state index is -0.506. The first kappa shape index (κ1) is 21.2. The molecule has 0 aliphatic rings. The Morgan fingerprint density at radius 3 is 2.16 bits per heavy atom. The van der Waals surface area contributed by atoms with Crippen LogP contribution in [0.3, 0.4) is 0 Å². The van der Waals surface area contributed by atoms with Crippen LogP contribution in [0.5, 0.6) is 0 Å². The van der Waals surface area contributed by atoms with E-state index >= 15 is 0 Å². The predicted molar refractivity (Wildman–Crippen MR) is 104 cm³/mol. The summed E-state index contributed by atoms with van der Waals surface area (Å²) < 4.78 is 4.95. The van der Waals surface area contributed by atoms with Crippen LogP contribution in [0.15, 0.2) is 17.2 Å². The van der Waals surface area contributed by atoms with Crippen LogP contribution in [0.4, 0.5) is 0 Å². The van der Waals surface area contributed by atoms with E-state index in [4.69, 9.17) is 4.74 Å². The highest BCUT2D eigenvalue weighted by atomic mass is 32.2. The number of amides is 1. The van der Waals surface area contributed by atoms with E-state index in [9.17, 15) is 9.59 Å². The average molecular weight is 365 g/mol. The number of nitrogens with zero attached hydrogens (tertiary/aromatic N) is 2. The summed E-state index contributed by atoms with van der Waals surface area (Å²) in [7, 11) is 1.57.